The van der Waals surface area contributed by atoms with Crippen molar-refractivity contribution >= 4 is 0 Å². The highest BCUT2D eigenvalue weighted by Gasteiger charge is 2.12. The van der Waals surface area contributed by atoms with Gasteiger partial charge >= 0.3 is 0 Å². The summed E-state index contributed by atoms with van der Waals surface area (Å²) in [6.45, 7) is 6.85. The van der Waals surface area contributed by atoms with E-state index in [0.717, 1.165) is 11.5 Å². The average Bonchev–Trinajstić information content (AvgIpc) is 2.43. The molecule has 1 aromatic rings. The minimum Gasteiger partial charge on any atom is -0.192 e. The van der Waals surface area contributed by atoms with Crippen LogP contribution in [0, 0.1) is 17.2 Å². The molecule has 1 rings (SSSR count). The molecule has 0 radical (unpaired) electrons. The third kappa shape index (κ3) is 4.53. The van der Waals surface area contributed by atoms with Crippen LogP contribution in [0.25, 0.3) is 0 Å². The van der Waals surface area contributed by atoms with E-state index in [2.05, 4.69) is 39.0 Å². The lowest BCUT2D eigenvalue weighted by molar-refractivity contribution is 0.445. The van der Waals surface area contributed by atoms with Crippen LogP contribution in [0.5, 0.6) is 0 Å². The Bertz CT molecular complexity index is 372. The molecule has 1 heteroatoms. The van der Waals surface area contributed by atoms with Crippen LogP contribution in [-0.4, -0.2) is 0 Å². The summed E-state index contributed by atoms with van der Waals surface area (Å²) in [6.07, 6.45) is 6.33. The summed E-state index contributed by atoms with van der Waals surface area (Å²) >= 11 is 0. The van der Waals surface area contributed by atoms with E-state index in [1.54, 1.807) is 0 Å². The van der Waals surface area contributed by atoms with Crippen LogP contribution >= 0.6 is 0 Å². The molecule has 0 N–H and O–H groups in total. The molecule has 0 spiro atoms. The quantitative estimate of drug-likeness (QED) is 0.640. The number of hydrogen-bond donors (Lipinski definition) is 0. The summed E-state index contributed by atoms with van der Waals surface area (Å²) in [5.41, 5.74) is 2.16. The lowest BCUT2D eigenvalue weighted by Gasteiger charge is -2.18. The number of rotatable bonds is 7. The normalized spacial score (nSPS) is 13.9. The van der Waals surface area contributed by atoms with E-state index >= 15 is 0 Å². The first-order chi connectivity index (χ1) is 8.71. The van der Waals surface area contributed by atoms with Gasteiger partial charge in [-0.3, -0.25) is 0 Å². The zero-order valence-corrected chi connectivity index (χ0v) is 11.9. The number of benzene rings is 1. The summed E-state index contributed by atoms with van der Waals surface area (Å²) < 4.78 is 0. The summed E-state index contributed by atoms with van der Waals surface area (Å²) in [6, 6.07) is 10.3. The highest BCUT2D eigenvalue weighted by atomic mass is 14.2. The Kier molecular flexibility index (Phi) is 6.50. The van der Waals surface area contributed by atoms with Crippen LogP contribution in [0.4, 0.5) is 0 Å². The maximum atomic E-state index is 8.83. The molecule has 1 nitrogen and oxygen atoms in total. The smallest absolute Gasteiger partial charge is 0.0991 e. The maximum absolute atomic E-state index is 8.83. The van der Waals surface area contributed by atoms with Gasteiger partial charge in [-0.2, -0.15) is 5.26 Å². The Balaban J connectivity index is 2.67. The van der Waals surface area contributed by atoms with E-state index in [9.17, 15) is 0 Å². The third-order valence-electron chi connectivity index (χ3n) is 3.85. The van der Waals surface area contributed by atoms with E-state index < -0.39 is 0 Å². The predicted octanol–water partition coefficient (Wildman–Crippen LogP) is 5.27. The monoisotopic (exact) mass is 243 g/mol. The van der Waals surface area contributed by atoms with Crippen molar-refractivity contribution < 1.29 is 0 Å². The summed E-state index contributed by atoms with van der Waals surface area (Å²) in [5, 5.41) is 8.83. The molecule has 2 unspecified atom stereocenters. The van der Waals surface area contributed by atoms with Crippen LogP contribution in [0.15, 0.2) is 24.3 Å². The van der Waals surface area contributed by atoms with Gasteiger partial charge in [0.25, 0.3) is 0 Å². The fraction of sp³-hybridized carbons (Fsp3) is 0.588. The Morgan fingerprint density at radius 2 is 1.72 bits per heavy atom. The van der Waals surface area contributed by atoms with Crippen LogP contribution in [0.3, 0.4) is 0 Å². The molecular weight excluding hydrogens is 218 g/mol. The molecule has 0 amide bonds. The van der Waals surface area contributed by atoms with Crippen LogP contribution in [-0.2, 0) is 0 Å². The topological polar surface area (TPSA) is 23.8 Å². The zero-order valence-electron chi connectivity index (χ0n) is 11.9. The van der Waals surface area contributed by atoms with Crippen molar-refractivity contribution in [2.75, 3.05) is 0 Å². The van der Waals surface area contributed by atoms with Gasteiger partial charge in [0.15, 0.2) is 0 Å². The highest BCUT2D eigenvalue weighted by Crippen LogP contribution is 2.28. The highest BCUT2D eigenvalue weighted by molar-refractivity contribution is 5.33. The molecule has 0 saturated carbocycles. The lowest BCUT2D eigenvalue weighted by Crippen LogP contribution is -2.02. The molecule has 1 aromatic carbocycles. The van der Waals surface area contributed by atoms with Crippen molar-refractivity contribution in [1.82, 2.24) is 0 Å². The third-order valence-corrected chi connectivity index (χ3v) is 3.85. The Morgan fingerprint density at radius 3 is 2.22 bits per heavy atom. The maximum Gasteiger partial charge on any atom is 0.0991 e. The van der Waals surface area contributed by atoms with Gasteiger partial charge in [0, 0.05) is 0 Å². The zero-order chi connectivity index (χ0) is 13.4. The fourth-order valence-corrected chi connectivity index (χ4v) is 2.35. The molecule has 0 fully saturated rings. The van der Waals surface area contributed by atoms with Gasteiger partial charge in [0.1, 0.15) is 0 Å². The lowest BCUT2D eigenvalue weighted by atomic mass is 9.87. The predicted molar refractivity (Wildman–Crippen MR) is 77.5 cm³/mol. The van der Waals surface area contributed by atoms with Gasteiger partial charge in [0.05, 0.1) is 11.6 Å². The molecule has 0 aliphatic carbocycles. The first kappa shape index (κ1) is 14.8. The van der Waals surface area contributed by atoms with Gasteiger partial charge in [0.2, 0.25) is 0 Å². The number of nitrogens with zero attached hydrogens (tertiary/aromatic N) is 1. The minimum absolute atomic E-state index is 0.664. The Labute approximate surface area is 112 Å². The van der Waals surface area contributed by atoms with Crippen molar-refractivity contribution in [2.45, 2.75) is 58.8 Å². The molecule has 0 aliphatic rings. The largest absolute Gasteiger partial charge is 0.192 e. The summed E-state index contributed by atoms with van der Waals surface area (Å²) in [5.74, 6) is 1.49. The van der Waals surface area contributed by atoms with E-state index in [0.29, 0.717) is 5.92 Å². The molecule has 18 heavy (non-hydrogen) atoms. The molecule has 0 bridgehead atoms. The molecule has 0 heterocycles. The molecule has 0 aliphatic heterocycles. The Hall–Kier alpha value is -1.29. The number of nitriles is 1. The minimum atomic E-state index is 0.664. The van der Waals surface area contributed by atoms with Crippen molar-refractivity contribution in [2.24, 2.45) is 5.92 Å². The van der Waals surface area contributed by atoms with Gasteiger partial charge in [-0.25, -0.2) is 0 Å². The second-order valence-electron chi connectivity index (χ2n) is 5.31. The van der Waals surface area contributed by atoms with Gasteiger partial charge in [-0.1, -0.05) is 52.2 Å². The molecule has 0 saturated heterocycles. The second kappa shape index (κ2) is 7.93. The van der Waals surface area contributed by atoms with Crippen LogP contribution in [0.1, 0.15) is 69.9 Å². The van der Waals surface area contributed by atoms with Crippen LogP contribution < -0.4 is 0 Å². The van der Waals surface area contributed by atoms with E-state index in [1.165, 1.54) is 37.7 Å². The number of hydrogen-bond acceptors (Lipinski definition) is 1. The van der Waals surface area contributed by atoms with Gasteiger partial charge in [-0.15, -0.1) is 0 Å². The van der Waals surface area contributed by atoms with E-state index in [1.807, 2.05) is 12.1 Å². The van der Waals surface area contributed by atoms with Crippen molar-refractivity contribution in [3.63, 3.8) is 0 Å². The van der Waals surface area contributed by atoms with Crippen molar-refractivity contribution in [1.29, 1.82) is 5.26 Å². The summed E-state index contributed by atoms with van der Waals surface area (Å²) in [7, 11) is 0. The molecule has 98 valence electrons. The van der Waals surface area contributed by atoms with Crippen molar-refractivity contribution in [3.05, 3.63) is 35.4 Å². The fourth-order valence-electron chi connectivity index (χ4n) is 2.35. The summed E-state index contributed by atoms with van der Waals surface area (Å²) in [4.78, 5) is 0. The first-order valence-corrected chi connectivity index (χ1v) is 7.21. The van der Waals surface area contributed by atoms with E-state index in [4.69, 9.17) is 5.26 Å². The molecular formula is C17H25N. The average molecular weight is 243 g/mol. The van der Waals surface area contributed by atoms with Crippen LogP contribution in [0.2, 0.25) is 0 Å². The standard InChI is InChI=1S/C17H25N/c1-4-6-16(10-7-14(3)5-2)17-11-8-15(13-18)9-12-17/h8-9,11-12,14,16H,4-7,10H2,1-3H3. The molecule has 2 atom stereocenters. The van der Waals surface area contributed by atoms with Gasteiger partial charge < -0.3 is 0 Å². The van der Waals surface area contributed by atoms with Gasteiger partial charge in [-0.05, 0) is 42.4 Å². The SMILES string of the molecule is CCCC(CCC(C)CC)c1ccc(C#N)cc1. The first-order valence-electron chi connectivity index (χ1n) is 7.21. The van der Waals surface area contributed by atoms with E-state index in [-0.39, 0.29) is 0 Å². The van der Waals surface area contributed by atoms with Crippen molar-refractivity contribution in [3.8, 4) is 6.07 Å². The Morgan fingerprint density at radius 1 is 1.06 bits per heavy atom. The molecule has 0 aromatic heterocycles. The second-order valence-corrected chi connectivity index (χ2v) is 5.31.